The molecular formula is C16H17BrFNO. The molecule has 2 aromatic rings. The Balaban J connectivity index is 2.09. The average Bonchev–Trinajstić information content (AvgIpc) is 2.42. The summed E-state index contributed by atoms with van der Waals surface area (Å²) < 4.78 is 19.9. The lowest BCUT2D eigenvalue weighted by molar-refractivity contribution is 0.302. The van der Waals surface area contributed by atoms with Crippen molar-refractivity contribution >= 4 is 15.9 Å². The predicted octanol–water partition coefficient (Wildman–Crippen LogP) is 4.20. The standard InChI is InChI=1S/C16H17BrFNO/c1-11-3-5-14(18)8-13(11)10-20-16-6-4-12(9-19-2)7-15(16)17/h3-8,19H,9-10H2,1-2H3. The van der Waals surface area contributed by atoms with Crippen LogP contribution >= 0.6 is 15.9 Å². The van der Waals surface area contributed by atoms with Gasteiger partial charge in [-0.05, 0) is 70.9 Å². The van der Waals surface area contributed by atoms with Gasteiger partial charge < -0.3 is 10.1 Å². The third-order valence-electron chi connectivity index (χ3n) is 3.07. The average molecular weight is 338 g/mol. The fraction of sp³-hybridized carbons (Fsp3) is 0.250. The third kappa shape index (κ3) is 3.81. The van der Waals surface area contributed by atoms with Crippen LogP contribution in [-0.4, -0.2) is 7.05 Å². The van der Waals surface area contributed by atoms with Crippen LogP contribution in [0.2, 0.25) is 0 Å². The lowest BCUT2D eigenvalue weighted by Crippen LogP contribution is -2.05. The van der Waals surface area contributed by atoms with Gasteiger partial charge in [0.15, 0.2) is 0 Å². The van der Waals surface area contributed by atoms with Crippen molar-refractivity contribution in [2.75, 3.05) is 7.05 Å². The highest BCUT2D eigenvalue weighted by Gasteiger charge is 2.05. The second-order valence-corrected chi connectivity index (χ2v) is 5.51. The monoisotopic (exact) mass is 337 g/mol. The van der Waals surface area contributed by atoms with E-state index in [1.807, 2.05) is 32.2 Å². The van der Waals surface area contributed by atoms with Crippen molar-refractivity contribution in [1.29, 1.82) is 0 Å². The zero-order valence-electron chi connectivity index (χ0n) is 11.5. The third-order valence-corrected chi connectivity index (χ3v) is 3.69. The number of hydrogen-bond donors (Lipinski definition) is 1. The lowest BCUT2D eigenvalue weighted by atomic mass is 10.1. The molecule has 0 saturated heterocycles. The van der Waals surface area contributed by atoms with Crippen LogP contribution in [0, 0.1) is 12.7 Å². The number of rotatable bonds is 5. The van der Waals surface area contributed by atoms with Crippen LogP contribution in [0.4, 0.5) is 4.39 Å². The second kappa shape index (κ2) is 6.86. The smallest absolute Gasteiger partial charge is 0.134 e. The molecule has 0 aromatic heterocycles. The van der Waals surface area contributed by atoms with E-state index in [1.54, 1.807) is 6.07 Å². The van der Waals surface area contributed by atoms with Gasteiger partial charge in [0.05, 0.1) is 4.47 Å². The van der Waals surface area contributed by atoms with E-state index in [4.69, 9.17) is 4.74 Å². The SMILES string of the molecule is CNCc1ccc(OCc2cc(F)ccc2C)c(Br)c1. The summed E-state index contributed by atoms with van der Waals surface area (Å²) in [4.78, 5) is 0. The van der Waals surface area contributed by atoms with Crippen molar-refractivity contribution in [2.24, 2.45) is 0 Å². The fourth-order valence-corrected chi connectivity index (χ4v) is 2.47. The second-order valence-electron chi connectivity index (χ2n) is 4.65. The first kappa shape index (κ1) is 15.0. The predicted molar refractivity (Wildman–Crippen MR) is 82.4 cm³/mol. The van der Waals surface area contributed by atoms with Crippen molar-refractivity contribution in [2.45, 2.75) is 20.1 Å². The maximum absolute atomic E-state index is 13.2. The molecule has 0 heterocycles. The number of halogens is 2. The Morgan fingerprint density at radius 2 is 2.00 bits per heavy atom. The molecule has 2 rings (SSSR count). The highest BCUT2D eigenvalue weighted by atomic mass is 79.9. The molecule has 106 valence electrons. The minimum absolute atomic E-state index is 0.238. The fourth-order valence-electron chi connectivity index (χ4n) is 1.93. The first-order valence-electron chi connectivity index (χ1n) is 6.41. The van der Waals surface area contributed by atoms with E-state index in [0.717, 1.165) is 27.9 Å². The first-order chi connectivity index (χ1) is 9.60. The molecule has 2 aromatic carbocycles. The van der Waals surface area contributed by atoms with E-state index < -0.39 is 0 Å². The molecule has 0 fully saturated rings. The largest absolute Gasteiger partial charge is 0.488 e. The summed E-state index contributed by atoms with van der Waals surface area (Å²) >= 11 is 3.50. The van der Waals surface area contributed by atoms with Gasteiger partial charge in [-0.3, -0.25) is 0 Å². The minimum atomic E-state index is -0.238. The topological polar surface area (TPSA) is 21.3 Å². The van der Waals surface area contributed by atoms with Gasteiger partial charge in [0.25, 0.3) is 0 Å². The van der Waals surface area contributed by atoms with E-state index in [9.17, 15) is 4.39 Å². The summed E-state index contributed by atoms with van der Waals surface area (Å²) in [6.07, 6.45) is 0. The normalized spacial score (nSPS) is 10.6. The van der Waals surface area contributed by atoms with E-state index in [2.05, 4.69) is 21.2 Å². The van der Waals surface area contributed by atoms with Gasteiger partial charge in [-0.1, -0.05) is 12.1 Å². The van der Waals surface area contributed by atoms with Crippen LogP contribution < -0.4 is 10.1 Å². The molecule has 0 unspecified atom stereocenters. The zero-order valence-corrected chi connectivity index (χ0v) is 13.1. The van der Waals surface area contributed by atoms with Crippen LogP contribution in [-0.2, 0) is 13.2 Å². The highest BCUT2D eigenvalue weighted by Crippen LogP contribution is 2.27. The summed E-state index contributed by atoms with van der Waals surface area (Å²) in [6, 6.07) is 10.7. The van der Waals surface area contributed by atoms with Gasteiger partial charge in [0.2, 0.25) is 0 Å². The Labute approximate surface area is 127 Å². The van der Waals surface area contributed by atoms with Crippen LogP contribution in [0.1, 0.15) is 16.7 Å². The van der Waals surface area contributed by atoms with Crippen LogP contribution in [0.3, 0.4) is 0 Å². The van der Waals surface area contributed by atoms with Crippen LogP contribution in [0.25, 0.3) is 0 Å². The molecule has 0 amide bonds. The van der Waals surface area contributed by atoms with E-state index in [0.29, 0.717) is 6.61 Å². The molecule has 1 N–H and O–H groups in total. The number of ether oxygens (including phenoxy) is 1. The Bertz CT molecular complexity index is 601. The molecule has 0 aliphatic carbocycles. The van der Waals surface area contributed by atoms with Gasteiger partial charge in [-0.15, -0.1) is 0 Å². The Hall–Kier alpha value is -1.39. The number of aryl methyl sites for hydroxylation is 1. The van der Waals surface area contributed by atoms with Crippen molar-refractivity contribution in [3.63, 3.8) is 0 Å². The summed E-state index contributed by atoms with van der Waals surface area (Å²) in [7, 11) is 1.91. The minimum Gasteiger partial charge on any atom is -0.488 e. The summed E-state index contributed by atoms with van der Waals surface area (Å²) in [5.74, 6) is 0.520. The molecule has 20 heavy (non-hydrogen) atoms. The zero-order chi connectivity index (χ0) is 14.5. The Kier molecular flexibility index (Phi) is 5.15. The molecule has 0 radical (unpaired) electrons. The summed E-state index contributed by atoms with van der Waals surface area (Å²) in [6.45, 7) is 3.11. The molecule has 0 saturated carbocycles. The van der Waals surface area contributed by atoms with Gasteiger partial charge in [0.1, 0.15) is 18.2 Å². The molecule has 4 heteroatoms. The summed E-state index contributed by atoms with van der Waals surface area (Å²) in [5.41, 5.74) is 3.05. The van der Waals surface area contributed by atoms with Gasteiger partial charge >= 0.3 is 0 Å². The van der Waals surface area contributed by atoms with E-state index >= 15 is 0 Å². The number of benzene rings is 2. The quantitative estimate of drug-likeness (QED) is 0.882. The summed E-state index contributed by atoms with van der Waals surface area (Å²) in [5, 5.41) is 3.10. The number of nitrogens with one attached hydrogen (secondary N) is 1. The van der Waals surface area contributed by atoms with Crippen LogP contribution in [0.15, 0.2) is 40.9 Å². The van der Waals surface area contributed by atoms with Gasteiger partial charge in [-0.25, -0.2) is 4.39 Å². The maximum atomic E-state index is 13.2. The Morgan fingerprint density at radius 1 is 1.20 bits per heavy atom. The molecule has 0 aliphatic rings. The van der Waals surface area contributed by atoms with Crippen LogP contribution in [0.5, 0.6) is 5.75 Å². The van der Waals surface area contributed by atoms with Crippen molar-refractivity contribution in [1.82, 2.24) is 5.32 Å². The van der Waals surface area contributed by atoms with Crippen molar-refractivity contribution in [3.8, 4) is 5.75 Å². The van der Waals surface area contributed by atoms with E-state index in [-0.39, 0.29) is 5.82 Å². The molecular weight excluding hydrogens is 321 g/mol. The highest BCUT2D eigenvalue weighted by molar-refractivity contribution is 9.10. The molecule has 0 spiro atoms. The Morgan fingerprint density at radius 3 is 2.70 bits per heavy atom. The van der Waals surface area contributed by atoms with Gasteiger partial charge in [0, 0.05) is 6.54 Å². The van der Waals surface area contributed by atoms with E-state index in [1.165, 1.54) is 17.7 Å². The van der Waals surface area contributed by atoms with Crippen molar-refractivity contribution in [3.05, 3.63) is 63.4 Å². The molecule has 0 atom stereocenters. The molecule has 0 aliphatic heterocycles. The van der Waals surface area contributed by atoms with Crippen molar-refractivity contribution < 1.29 is 9.13 Å². The number of hydrogen-bond acceptors (Lipinski definition) is 2. The van der Waals surface area contributed by atoms with Gasteiger partial charge in [-0.2, -0.15) is 0 Å². The lowest BCUT2D eigenvalue weighted by Gasteiger charge is -2.11. The first-order valence-corrected chi connectivity index (χ1v) is 7.20. The molecule has 2 nitrogen and oxygen atoms in total. The molecule has 0 bridgehead atoms. The maximum Gasteiger partial charge on any atom is 0.134 e.